The molecule has 2 amide bonds. The first-order valence-electron chi connectivity index (χ1n) is 9.95. The maximum atomic E-state index is 12.5. The van der Waals surface area contributed by atoms with Crippen molar-refractivity contribution in [2.45, 2.75) is 38.6 Å². The van der Waals surface area contributed by atoms with Gasteiger partial charge in [0.05, 0.1) is 0 Å². The SMILES string of the molecule is COCC(=O)N1CCC(N2CCC(C(=O)Nc3ccc(C)cc3)CC2)CC1. The Morgan fingerprint density at radius 2 is 1.67 bits per heavy atom. The fraction of sp³-hybridized carbons (Fsp3) is 0.619. The van der Waals surface area contributed by atoms with Crippen molar-refractivity contribution in [2.75, 3.05) is 45.2 Å². The molecule has 0 spiro atoms. The summed E-state index contributed by atoms with van der Waals surface area (Å²) in [5.74, 6) is 0.312. The Morgan fingerprint density at radius 1 is 1.04 bits per heavy atom. The van der Waals surface area contributed by atoms with Crippen LogP contribution in [0.15, 0.2) is 24.3 Å². The Bertz CT molecular complexity index is 631. The molecule has 0 aromatic heterocycles. The summed E-state index contributed by atoms with van der Waals surface area (Å²) < 4.78 is 4.94. The normalized spacial score (nSPS) is 19.9. The number of nitrogens with zero attached hydrogens (tertiary/aromatic N) is 2. The van der Waals surface area contributed by atoms with E-state index in [0.29, 0.717) is 6.04 Å². The second-order valence-electron chi connectivity index (χ2n) is 7.71. The van der Waals surface area contributed by atoms with Crippen LogP contribution in [0.4, 0.5) is 5.69 Å². The lowest BCUT2D eigenvalue weighted by Crippen LogP contribution is -2.50. The van der Waals surface area contributed by atoms with Gasteiger partial charge in [-0.15, -0.1) is 0 Å². The second-order valence-corrected chi connectivity index (χ2v) is 7.71. The molecular formula is C21H31N3O3. The monoisotopic (exact) mass is 373 g/mol. The van der Waals surface area contributed by atoms with Crippen LogP contribution in [0.5, 0.6) is 0 Å². The molecule has 1 N–H and O–H groups in total. The topological polar surface area (TPSA) is 61.9 Å². The van der Waals surface area contributed by atoms with Crippen molar-refractivity contribution in [3.63, 3.8) is 0 Å². The van der Waals surface area contributed by atoms with Gasteiger partial charge in [-0.25, -0.2) is 0 Å². The number of anilines is 1. The molecule has 2 aliphatic rings. The highest BCUT2D eigenvalue weighted by Gasteiger charge is 2.31. The van der Waals surface area contributed by atoms with Crippen molar-refractivity contribution in [1.82, 2.24) is 9.80 Å². The third-order valence-electron chi connectivity index (χ3n) is 5.82. The Kier molecular flexibility index (Phi) is 6.85. The standard InChI is InChI=1S/C21H31N3O3/c1-16-3-5-18(6-4-16)22-21(26)17-7-11-23(12-8-17)19-9-13-24(14-10-19)20(25)15-27-2/h3-6,17,19H,7-15H2,1-2H3,(H,22,26). The van der Waals surface area contributed by atoms with E-state index in [1.54, 1.807) is 7.11 Å². The van der Waals surface area contributed by atoms with Gasteiger partial charge in [-0.2, -0.15) is 0 Å². The molecule has 0 radical (unpaired) electrons. The van der Waals surface area contributed by atoms with Gasteiger partial charge in [-0.1, -0.05) is 17.7 Å². The molecule has 2 heterocycles. The number of benzene rings is 1. The number of amides is 2. The van der Waals surface area contributed by atoms with Crippen molar-refractivity contribution in [1.29, 1.82) is 0 Å². The Labute approximate surface area is 161 Å². The molecule has 1 aromatic carbocycles. The van der Waals surface area contributed by atoms with E-state index in [2.05, 4.69) is 10.2 Å². The Balaban J connectivity index is 1.42. The number of hydrogen-bond donors (Lipinski definition) is 1. The molecule has 1 aromatic rings. The van der Waals surface area contributed by atoms with Gasteiger partial charge in [0, 0.05) is 37.8 Å². The largest absolute Gasteiger partial charge is 0.375 e. The van der Waals surface area contributed by atoms with E-state index in [0.717, 1.165) is 57.5 Å². The minimum absolute atomic E-state index is 0.0856. The molecule has 2 fully saturated rings. The maximum Gasteiger partial charge on any atom is 0.248 e. The maximum absolute atomic E-state index is 12.5. The van der Waals surface area contributed by atoms with Gasteiger partial charge in [-0.05, 0) is 57.8 Å². The predicted molar refractivity (Wildman–Crippen MR) is 106 cm³/mol. The minimum Gasteiger partial charge on any atom is -0.375 e. The zero-order valence-corrected chi connectivity index (χ0v) is 16.4. The van der Waals surface area contributed by atoms with E-state index in [1.165, 1.54) is 5.56 Å². The number of aryl methyl sites for hydroxylation is 1. The molecule has 2 saturated heterocycles. The number of likely N-dealkylation sites (tertiary alicyclic amines) is 2. The lowest BCUT2D eigenvalue weighted by Gasteiger charge is -2.41. The quantitative estimate of drug-likeness (QED) is 0.860. The molecule has 3 rings (SSSR count). The predicted octanol–water partition coefficient (Wildman–Crippen LogP) is 2.28. The van der Waals surface area contributed by atoms with Gasteiger partial charge in [0.2, 0.25) is 11.8 Å². The van der Waals surface area contributed by atoms with Crippen molar-refractivity contribution in [3.8, 4) is 0 Å². The molecule has 0 bridgehead atoms. The minimum atomic E-state index is 0.0856. The summed E-state index contributed by atoms with van der Waals surface area (Å²) in [7, 11) is 1.56. The summed E-state index contributed by atoms with van der Waals surface area (Å²) in [6.45, 7) is 5.75. The first-order chi connectivity index (χ1) is 13.1. The molecule has 2 aliphatic heterocycles. The van der Waals surface area contributed by atoms with Crippen LogP contribution in [0.1, 0.15) is 31.2 Å². The average Bonchev–Trinajstić information content (AvgIpc) is 2.70. The fourth-order valence-electron chi connectivity index (χ4n) is 4.10. The fourth-order valence-corrected chi connectivity index (χ4v) is 4.10. The number of nitrogens with one attached hydrogen (secondary N) is 1. The van der Waals surface area contributed by atoms with E-state index in [-0.39, 0.29) is 24.3 Å². The van der Waals surface area contributed by atoms with Crippen molar-refractivity contribution >= 4 is 17.5 Å². The molecule has 148 valence electrons. The van der Waals surface area contributed by atoms with Crippen molar-refractivity contribution in [2.24, 2.45) is 5.92 Å². The number of piperidine rings is 2. The number of rotatable bonds is 5. The Hall–Kier alpha value is -1.92. The summed E-state index contributed by atoms with van der Waals surface area (Å²) >= 11 is 0. The van der Waals surface area contributed by atoms with E-state index in [9.17, 15) is 9.59 Å². The number of carbonyl (C=O) groups excluding carboxylic acids is 2. The van der Waals surface area contributed by atoms with Crippen LogP contribution >= 0.6 is 0 Å². The van der Waals surface area contributed by atoms with Gasteiger partial charge in [0.25, 0.3) is 0 Å². The summed E-state index contributed by atoms with van der Waals surface area (Å²) in [6, 6.07) is 8.48. The number of methoxy groups -OCH3 is 1. The third kappa shape index (κ3) is 5.30. The molecule has 0 unspecified atom stereocenters. The van der Waals surface area contributed by atoms with Crippen molar-refractivity contribution in [3.05, 3.63) is 29.8 Å². The number of carbonyl (C=O) groups is 2. The lowest BCUT2D eigenvalue weighted by molar-refractivity contribution is -0.137. The van der Waals surface area contributed by atoms with E-state index in [4.69, 9.17) is 4.74 Å². The molecular weight excluding hydrogens is 342 g/mol. The molecule has 6 heteroatoms. The smallest absolute Gasteiger partial charge is 0.248 e. The highest BCUT2D eigenvalue weighted by Crippen LogP contribution is 2.25. The van der Waals surface area contributed by atoms with Gasteiger partial charge in [0.15, 0.2) is 0 Å². The molecule has 0 aliphatic carbocycles. The van der Waals surface area contributed by atoms with Crippen molar-refractivity contribution < 1.29 is 14.3 Å². The zero-order chi connectivity index (χ0) is 19.2. The first kappa shape index (κ1) is 19.8. The van der Waals surface area contributed by atoms with Crippen LogP contribution in [0.3, 0.4) is 0 Å². The van der Waals surface area contributed by atoms with Crippen LogP contribution in [-0.4, -0.2) is 67.6 Å². The van der Waals surface area contributed by atoms with Gasteiger partial charge >= 0.3 is 0 Å². The molecule has 6 nitrogen and oxygen atoms in total. The highest BCUT2D eigenvalue weighted by molar-refractivity contribution is 5.92. The van der Waals surface area contributed by atoms with Crippen LogP contribution in [0.25, 0.3) is 0 Å². The summed E-state index contributed by atoms with van der Waals surface area (Å²) in [5, 5.41) is 3.05. The number of hydrogen-bond acceptors (Lipinski definition) is 4. The summed E-state index contributed by atoms with van der Waals surface area (Å²) in [4.78, 5) is 28.9. The lowest BCUT2D eigenvalue weighted by atomic mass is 9.92. The van der Waals surface area contributed by atoms with Crippen LogP contribution < -0.4 is 5.32 Å². The zero-order valence-electron chi connectivity index (χ0n) is 16.4. The van der Waals surface area contributed by atoms with E-state index in [1.807, 2.05) is 36.1 Å². The third-order valence-corrected chi connectivity index (χ3v) is 5.82. The summed E-state index contributed by atoms with van der Waals surface area (Å²) in [6.07, 6.45) is 3.83. The van der Waals surface area contributed by atoms with Crippen LogP contribution in [-0.2, 0) is 14.3 Å². The molecule has 0 atom stereocenters. The molecule has 0 saturated carbocycles. The highest BCUT2D eigenvalue weighted by atomic mass is 16.5. The average molecular weight is 373 g/mol. The first-order valence-corrected chi connectivity index (χ1v) is 9.95. The van der Waals surface area contributed by atoms with Gasteiger partial charge in [-0.3, -0.25) is 9.59 Å². The van der Waals surface area contributed by atoms with Crippen LogP contribution in [0, 0.1) is 12.8 Å². The van der Waals surface area contributed by atoms with Crippen LogP contribution in [0.2, 0.25) is 0 Å². The summed E-state index contributed by atoms with van der Waals surface area (Å²) in [5.41, 5.74) is 2.07. The second kappa shape index (κ2) is 9.33. The van der Waals surface area contributed by atoms with E-state index >= 15 is 0 Å². The number of ether oxygens (including phenoxy) is 1. The Morgan fingerprint density at radius 3 is 2.26 bits per heavy atom. The molecule has 27 heavy (non-hydrogen) atoms. The van der Waals surface area contributed by atoms with Gasteiger partial charge < -0.3 is 19.9 Å². The van der Waals surface area contributed by atoms with Gasteiger partial charge in [0.1, 0.15) is 6.61 Å². The van der Waals surface area contributed by atoms with E-state index < -0.39 is 0 Å².